The Labute approximate surface area is 95.4 Å². The van der Waals surface area contributed by atoms with Gasteiger partial charge in [-0.05, 0) is 18.6 Å². The number of carbonyl (C=O) groups excluding carboxylic acids is 1. The van der Waals surface area contributed by atoms with Crippen LogP contribution in [0.2, 0.25) is 5.02 Å². The highest BCUT2D eigenvalue weighted by Crippen LogP contribution is 2.21. The van der Waals surface area contributed by atoms with Gasteiger partial charge in [0.05, 0.1) is 5.02 Å². The van der Waals surface area contributed by atoms with Crippen molar-refractivity contribution in [3.05, 3.63) is 34.6 Å². The Kier molecular flexibility index (Phi) is 4.55. The molecule has 1 aromatic carbocycles. The lowest BCUT2D eigenvalue weighted by molar-refractivity contribution is 0.0982. The number of ketones is 1. The Morgan fingerprint density at radius 1 is 1.50 bits per heavy atom. The molecule has 0 heterocycles. The van der Waals surface area contributed by atoms with Crippen molar-refractivity contribution in [1.82, 2.24) is 0 Å². The molecule has 0 spiro atoms. The van der Waals surface area contributed by atoms with Gasteiger partial charge in [-0.3, -0.25) is 4.79 Å². The molecule has 0 aliphatic heterocycles. The zero-order valence-electron chi connectivity index (χ0n) is 7.40. The minimum absolute atomic E-state index is 0.0768. The molecule has 0 saturated heterocycles. The summed E-state index contributed by atoms with van der Waals surface area (Å²) >= 11 is 8.88. The molecule has 0 N–H and O–H groups in total. The zero-order chi connectivity index (χ0) is 10.6. The molecule has 0 aromatic heterocycles. The van der Waals surface area contributed by atoms with Crippen molar-refractivity contribution in [1.29, 1.82) is 0 Å². The average Bonchev–Trinajstić information content (AvgIpc) is 2.18. The molecule has 0 unspecified atom stereocenters. The first-order valence-corrected chi connectivity index (χ1v) is 5.70. The van der Waals surface area contributed by atoms with E-state index in [2.05, 4.69) is 15.9 Å². The predicted octanol–water partition coefficient (Wildman–Crippen LogP) is 3.84. The normalized spacial score (nSPS) is 10.2. The third kappa shape index (κ3) is 2.79. The van der Waals surface area contributed by atoms with E-state index in [0.29, 0.717) is 6.42 Å². The number of carbonyl (C=O) groups is 1. The maximum atomic E-state index is 13.0. The van der Waals surface area contributed by atoms with Crippen LogP contribution in [0.5, 0.6) is 0 Å². The lowest BCUT2D eigenvalue weighted by Gasteiger charge is -2.02. The molecule has 0 aliphatic rings. The van der Waals surface area contributed by atoms with Crippen LogP contribution in [0.25, 0.3) is 0 Å². The van der Waals surface area contributed by atoms with Crippen LogP contribution in [-0.4, -0.2) is 11.1 Å². The van der Waals surface area contributed by atoms with Crippen LogP contribution in [0.15, 0.2) is 18.2 Å². The Bertz CT molecular complexity index is 341. The van der Waals surface area contributed by atoms with Crippen molar-refractivity contribution in [3.8, 4) is 0 Å². The summed E-state index contributed by atoms with van der Waals surface area (Å²) in [4.78, 5) is 11.5. The van der Waals surface area contributed by atoms with Gasteiger partial charge in [0.2, 0.25) is 0 Å². The van der Waals surface area contributed by atoms with E-state index in [1.165, 1.54) is 12.1 Å². The lowest BCUT2D eigenvalue weighted by Crippen LogP contribution is -2.01. The molecule has 76 valence electrons. The van der Waals surface area contributed by atoms with Crippen molar-refractivity contribution in [2.24, 2.45) is 0 Å². The minimum atomic E-state index is -0.545. The minimum Gasteiger partial charge on any atom is -0.294 e. The fraction of sp³-hybridized carbons (Fsp3) is 0.300. The van der Waals surface area contributed by atoms with E-state index >= 15 is 0 Å². The standard InChI is InChI=1S/C10H9BrClFO/c11-6-2-5-9(14)7-3-1-4-8(13)10(7)12/h1,3-4H,2,5-6H2. The molecule has 0 aliphatic carbocycles. The number of Topliss-reactive ketones (excluding diaryl/α,β-unsaturated/α-hetero) is 1. The van der Waals surface area contributed by atoms with Crippen LogP contribution >= 0.6 is 27.5 Å². The summed E-state index contributed by atoms with van der Waals surface area (Å²) in [7, 11) is 0. The Morgan fingerprint density at radius 2 is 2.21 bits per heavy atom. The maximum absolute atomic E-state index is 13.0. The number of hydrogen-bond donors (Lipinski definition) is 0. The van der Waals surface area contributed by atoms with Gasteiger partial charge in [0.15, 0.2) is 5.78 Å². The van der Waals surface area contributed by atoms with Gasteiger partial charge >= 0.3 is 0 Å². The maximum Gasteiger partial charge on any atom is 0.164 e. The first-order valence-electron chi connectivity index (χ1n) is 4.20. The van der Waals surface area contributed by atoms with Crippen LogP contribution in [0.1, 0.15) is 23.2 Å². The second-order valence-corrected chi connectivity index (χ2v) is 3.99. The molecule has 0 fully saturated rings. The van der Waals surface area contributed by atoms with Crippen LogP contribution in [0, 0.1) is 5.82 Å². The summed E-state index contributed by atoms with van der Waals surface area (Å²) in [6.07, 6.45) is 1.11. The van der Waals surface area contributed by atoms with Gasteiger partial charge in [-0.2, -0.15) is 0 Å². The van der Waals surface area contributed by atoms with Gasteiger partial charge < -0.3 is 0 Å². The number of hydrogen-bond acceptors (Lipinski definition) is 1. The molecule has 1 rings (SSSR count). The van der Waals surface area contributed by atoms with Crippen LogP contribution in [-0.2, 0) is 0 Å². The molecule has 0 saturated carbocycles. The van der Waals surface area contributed by atoms with E-state index in [4.69, 9.17) is 11.6 Å². The Morgan fingerprint density at radius 3 is 2.86 bits per heavy atom. The summed E-state index contributed by atoms with van der Waals surface area (Å²) in [6, 6.07) is 4.27. The number of benzene rings is 1. The van der Waals surface area contributed by atoms with Gasteiger partial charge in [0.1, 0.15) is 5.82 Å². The van der Waals surface area contributed by atoms with Crippen molar-refractivity contribution in [2.75, 3.05) is 5.33 Å². The van der Waals surface area contributed by atoms with E-state index in [1.54, 1.807) is 6.07 Å². The third-order valence-electron chi connectivity index (χ3n) is 1.79. The number of rotatable bonds is 4. The summed E-state index contributed by atoms with van der Waals surface area (Å²) in [6.45, 7) is 0. The van der Waals surface area contributed by atoms with Crippen molar-refractivity contribution in [2.45, 2.75) is 12.8 Å². The largest absolute Gasteiger partial charge is 0.294 e. The molecule has 4 heteroatoms. The molecule has 1 aromatic rings. The summed E-state index contributed by atoms with van der Waals surface area (Å²) in [5.74, 6) is -0.662. The summed E-state index contributed by atoms with van der Waals surface area (Å²) < 4.78 is 13.0. The fourth-order valence-corrected chi connectivity index (χ4v) is 1.59. The van der Waals surface area contributed by atoms with Gasteiger partial charge in [0.25, 0.3) is 0 Å². The Balaban J connectivity index is 2.84. The second-order valence-electron chi connectivity index (χ2n) is 2.82. The first-order chi connectivity index (χ1) is 6.66. The molecule has 0 radical (unpaired) electrons. The van der Waals surface area contributed by atoms with E-state index in [1.807, 2.05) is 0 Å². The summed E-state index contributed by atoms with van der Waals surface area (Å²) in [5.41, 5.74) is 0.271. The smallest absolute Gasteiger partial charge is 0.164 e. The zero-order valence-corrected chi connectivity index (χ0v) is 9.74. The van der Waals surface area contributed by atoms with Crippen molar-refractivity contribution in [3.63, 3.8) is 0 Å². The highest BCUT2D eigenvalue weighted by Gasteiger charge is 2.12. The lowest BCUT2D eigenvalue weighted by atomic mass is 10.1. The van der Waals surface area contributed by atoms with Gasteiger partial charge in [0, 0.05) is 17.3 Å². The molecule has 1 nitrogen and oxygen atoms in total. The van der Waals surface area contributed by atoms with Crippen molar-refractivity contribution >= 4 is 33.3 Å². The van der Waals surface area contributed by atoms with E-state index in [0.717, 1.165) is 11.8 Å². The van der Waals surface area contributed by atoms with Gasteiger partial charge in [-0.25, -0.2) is 4.39 Å². The molecule has 0 bridgehead atoms. The summed E-state index contributed by atoms with van der Waals surface area (Å²) in [5, 5.41) is 0.679. The van der Waals surface area contributed by atoms with Crippen molar-refractivity contribution < 1.29 is 9.18 Å². The molecular weight excluding hydrogens is 270 g/mol. The van der Waals surface area contributed by atoms with Gasteiger partial charge in [-0.1, -0.05) is 33.6 Å². The molecule has 0 amide bonds. The monoisotopic (exact) mass is 278 g/mol. The highest BCUT2D eigenvalue weighted by molar-refractivity contribution is 9.09. The second kappa shape index (κ2) is 5.47. The average molecular weight is 280 g/mol. The third-order valence-corrected chi connectivity index (χ3v) is 2.73. The molecular formula is C10H9BrClFO. The van der Waals surface area contributed by atoms with Crippen LogP contribution in [0.3, 0.4) is 0 Å². The fourth-order valence-electron chi connectivity index (χ4n) is 1.08. The first kappa shape index (κ1) is 11.7. The van der Waals surface area contributed by atoms with Gasteiger partial charge in [-0.15, -0.1) is 0 Å². The van der Waals surface area contributed by atoms with E-state index < -0.39 is 5.82 Å². The molecule has 0 atom stereocenters. The topological polar surface area (TPSA) is 17.1 Å². The van der Waals surface area contributed by atoms with Crippen LogP contribution < -0.4 is 0 Å². The SMILES string of the molecule is O=C(CCCBr)c1cccc(F)c1Cl. The quantitative estimate of drug-likeness (QED) is 0.604. The number of alkyl halides is 1. The number of halogens is 3. The molecule has 14 heavy (non-hydrogen) atoms. The van der Waals surface area contributed by atoms with Crippen LogP contribution in [0.4, 0.5) is 4.39 Å². The van der Waals surface area contributed by atoms with E-state index in [9.17, 15) is 9.18 Å². The predicted molar refractivity (Wildman–Crippen MR) is 58.8 cm³/mol. The Hall–Kier alpha value is -0.410. The highest BCUT2D eigenvalue weighted by atomic mass is 79.9. The van der Waals surface area contributed by atoms with E-state index in [-0.39, 0.29) is 16.4 Å².